The lowest BCUT2D eigenvalue weighted by molar-refractivity contribution is 0.0470. The lowest BCUT2D eigenvalue weighted by atomic mass is 9.67. The number of alkyl halides is 2. The average molecular weight is 607 g/mol. The first kappa shape index (κ1) is 29.1. The Labute approximate surface area is 253 Å². The van der Waals surface area contributed by atoms with Crippen molar-refractivity contribution >= 4 is 39.9 Å². The summed E-state index contributed by atoms with van der Waals surface area (Å²) in [6.45, 7) is 2.04. The van der Waals surface area contributed by atoms with Crippen LogP contribution in [0.15, 0.2) is 73.1 Å². The minimum absolute atomic E-state index is 0.0622. The number of hydrogen-bond acceptors (Lipinski definition) is 5. The van der Waals surface area contributed by atoms with Crippen LogP contribution in [-0.4, -0.2) is 72.0 Å². The van der Waals surface area contributed by atoms with Gasteiger partial charge in [-0.3, -0.25) is 13.7 Å². The van der Waals surface area contributed by atoms with E-state index in [9.17, 15) is 18.7 Å². The Morgan fingerprint density at radius 2 is 1.84 bits per heavy atom. The molecule has 2 aliphatic rings. The lowest BCUT2D eigenvalue weighted by Crippen LogP contribution is -2.51. The number of allylic oxidation sites excluding steroid dienone is 2. The Morgan fingerprint density at radius 3 is 2.56 bits per heavy atom. The third-order valence-electron chi connectivity index (χ3n) is 8.85. The number of hydrogen-bond donors (Lipinski definition) is 2. The summed E-state index contributed by atoms with van der Waals surface area (Å²) in [4.78, 5) is 23.8. The average Bonchev–Trinajstić information content (AvgIpc) is 3.50. The molecule has 3 heterocycles. The molecule has 0 radical (unpaired) electrons. The third-order valence-corrected chi connectivity index (χ3v) is 9.10. The van der Waals surface area contributed by atoms with E-state index in [4.69, 9.17) is 16.3 Å². The first-order valence-electron chi connectivity index (χ1n) is 14.4. The number of carboxylic acids is 1. The van der Waals surface area contributed by atoms with E-state index in [1.54, 1.807) is 30.6 Å². The maximum atomic E-state index is 14.4. The fourth-order valence-corrected chi connectivity index (χ4v) is 6.28. The first-order chi connectivity index (χ1) is 20.9. The Balaban J connectivity index is 1.14. The number of aromatic nitrogens is 2. The number of aromatic amines is 1. The van der Waals surface area contributed by atoms with Gasteiger partial charge in [0.15, 0.2) is 0 Å². The number of piperazine rings is 1. The van der Waals surface area contributed by atoms with Gasteiger partial charge in [-0.15, -0.1) is 0 Å². The summed E-state index contributed by atoms with van der Waals surface area (Å²) in [5.74, 6) is -0.555. The number of nitrogens with zero attached hydrogens (tertiary/aromatic N) is 3. The quantitative estimate of drug-likeness (QED) is 0.209. The summed E-state index contributed by atoms with van der Waals surface area (Å²) in [7, 11) is 0. The molecule has 2 aromatic heterocycles. The molecule has 0 amide bonds. The van der Waals surface area contributed by atoms with Gasteiger partial charge in [-0.25, -0.2) is 9.78 Å². The topological polar surface area (TPSA) is 81.7 Å². The molecule has 1 saturated heterocycles. The van der Waals surface area contributed by atoms with Crippen molar-refractivity contribution in [2.75, 3.05) is 51.0 Å². The monoisotopic (exact) mass is 606 g/mol. The summed E-state index contributed by atoms with van der Waals surface area (Å²) in [5, 5.41) is 11.3. The molecular formula is C33H33ClF2N4O3. The van der Waals surface area contributed by atoms with Gasteiger partial charge in [0.2, 0.25) is 0 Å². The van der Waals surface area contributed by atoms with E-state index in [0.717, 1.165) is 40.9 Å². The van der Waals surface area contributed by atoms with E-state index >= 15 is 0 Å². The van der Waals surface area contributed by atoms with Gasteiger partial charge in [-0.05, 0) is 66.3 Å². The highest BCUT2D eigenvalue weighted by Gasteiger charge is 2.42. The van der Waals surface area contributed by atoms with Crippen molar-refractivity contribution in [2.24, 2.45) is 11.3 Å². The number of ether oxygens (including phenoxy) is 1. The standard InChI is InChI=1S/C33H33ClF2N4O3/c34-26-3-1-22(2-4-26)23-7-9-33(20-35,21-36)25(15-23)19-39-11-13-40(14-12-39)27-5-6-29(32(41)42)30(17-27)43-28-16-24-8-10-37-31(24)38-18-28/h1-8,10,16-18,25H,9,11-15,19-21H2,(H,37,38)(H,41,42). The van der Waals surface area contributed by atoms with E-state index in [2.05, 4.69) is 19.8 Å². The fourth-order valence-electron chi connectivity index (χ4n) is 6.15. The Hall–Kier alpha value is -3.95. The minimum Gasteiger partial charge on any atom is -0.478 e. The van der Waals surface area contributed by atoms with E-state index in [1.165, 1.54) is 0 Å². The van der Waals surface area contributed by atoms with Crippen LogP contribution in [0.5, 0.6) is 11.5 Å². The molecule has 2 N–H and O–H groups in total. The molecular weight excluding hydrogens is 574 g/mol. The zero-order valence-corrected chi connectivity index (χ0v) is 24.4. The smallest absolute Gasteiger partial charge is 0.339 e. The molecule has 43 heavy (non-hydrogen) atoms. The van der Waals surface area contributed by atoms with Crippen molar-refractivity contribution < 1.29 is 23.4 Å². The number of carboxylic acid groups (broad SMARTS) is 1. The second-order valence-electron chi connectivity index (χ2n) is 11.4. The molecule has 10 heteroatoms. The normalized spacial score (nSPS) is 18.9. The molecule has 7 nitrogen and oxygen atoms in total. The lowest BCUT2D eigenvalue weighted by Gasteiger charge is -2.44. The number of halogens is 3. The fraction of sp³-hybridized carbons (Fsp3) is 0.333. The van der Waals surface area contributed by atoms with Gasteiger partial charge in [0.1, 0.15) is 22.7 Å². The first-order valence-corrected chi connectivity index (χ1v) is 14.8. The Bertz CT molecular complexity index is 1630. The van der Waals surface area contributed by atoms with Crippen LogP contribution in [0.2, 0.25) is 5.02 Å². The van der Waals surface area contributed by atoms with Gasteiger partial charge in [0.05, 0.1) is 19.5 Å². The van der Waals surface area contributed by atoms with Crippen LogP contribution in [0.3, 0.4) is 0 Å². The molecule has 1 aliphatic heterocycles. The summed E-state index contributed by atoms with van der Waals surface area (Å²) in [6.07, 6.45) is 6.31. The molecule has 1 aliphatic carbocycles. The van der Waals surface area contributed by atoms with E-state index in [0.29, 0.717) is 43.2 Å². The number of anilines is 1. The van der Waals surface area contributed by atoms with Crippen LogP contribution in [0.1, 0.15) is 28.8 Å². The van der Waals surface area contributed by atoms with E-state index < -0.39 is 24.7 Å². The zero-order chi connectivity index (χ0) is 30.0. The molecule has 0 spiro atoms. The molecule has 1 atom stereocenters. The molecule has 1 unspecified atom stereocenters. The van der Waals surface area contributed by atoms with Crippen molar-refractivity contribution in [1.82, 2.24) is 14.9 Å². The van der Waals surface area contributed by atoms with Crippen LogP contribution in [0.4, 0.5) is 14.5 Å². The zero-order valence-electron chi connectivity index (χ0n) is 23.6. The number of fused-ring (bicyclic) bond motifs is 1. The molecule has 4 aromatic rings. The number of nitrogens with one attached hydrogen (secondary N) is 1. The molecule has 224 valence electrons. The summed E-state index contributed by atoms with van der Waals surface area (Å²) in [6, 6.07) is 16.4. The van der Waals surface area contributed by atoms with Gasteiger partial charge < -0.3 is 19.7 Å². The van der Waals surface area contributed by atoms with Gasteiger partial charge in [-0.2, -0.15) is 0 Å². The number of H-pyrrole nitrogens is 1. The predicted octanol–water partition coefficient (Wildman–Crippen LogP) is 7.25. The number of aromatic carboxylic acids is 1. The van der Waals surface area contributed by atoms with Crippen molar-refractivity contribution in [1.29, 1.82) is 0 Å². The number of rotatable bonds is 9. The van der Waals surface area contributed by atoms with Gasteiger partial charge in [0, 0.05) is 66.5 Å². The van der Waals surface area contributed by atoms with Crippen molar-refractivity contribution in [3.63, 3.8) is 0 Å². The van der Waals surface area contributed by atoms with Crippen LogP contribution in [0, 0.1) is 11.3 Å². The molecule has 6 rings (SSSR count). The van der Waals surface area contributed by atoms with Crippen LogP contribution in [-0.2, 0) is 0 Å². The van der Waals surface area contributed by atoms with Crippen molar-refractivity contribution in [3.8, 4) is 11.5 Å². The predicted molar refractivity (Wildman–Crippen MR) is 165 cm³/mol. The number of pyridine rings is 1. The van der Waals surface area contributed by atoms with E-state index in [1.807, 2.05) is 42.5 Å². The van der Waals surface area contributed by atoms with Gasteiger partial charge in [-0.1, -0.05) is 29.8 Å². The largest absolute Gasteiger partial charge is 0.478 e. The number of carbonyl (C=O) groups is 1. The second kappa shape index (κ2) is 12.3. The summed E-state index contributed by atoms with van der Waals surface area (Å²) < 4.78 is 34.8. The van der Waals surface area contributed by atoms with Crippen LogP contribution < -0.4 is 9.64 Å². The Morgan fingerprint density at radius 1 is 1.07 bits per heavy atom. The van der Waals surface area contributed by atoms with Gasteiger partial charge >= 0.3 is 5.97 Å². The van der Waals surface area contributed by atoms with Crippen molar-refractivity contribution in [3.05, 3.63) is 89.2 Å². The molecule has 2 aromatic carbocycles. The molecule has 1 fully saturated rings. The van der Waals surface area contributed by atoms with Crippen LogP contribution in [0.25, 0.3) is 16.6 Å². The van der Waals surface area contributed by atoms with Crippen LogP contribution >= 0.6 is 11.6 Å². The summed E-state index contributed by atoms with van der Waals surface area (Å²) >= 11 is 6.07. The summed E-state index contributed by atoms with van der Waals surface area (Å²) in [5.41, 5.74) is 2.77. The van der Waals surface area contributed by atoms with E-state index in [-0.39, 0.29) is 17.2 Å². The Kier molecular flexibility index (Phi) is 8.36. The maximum Gasteiger partial charge on any atom is 0.339 e. The molecule has 0 bridgehead atoms. The third kappa shape index (κ3) is 6.10. The highest BCUT2D eigenvalue weighted by molar-refractivity contribution is 6.30. The maximum absolute atomic E-state index is 14.4. The highest BCUT2D eigenvalue weighted by Crippen LogP contribution is 2.45. The highest BCUT2D eigenvalue weighted by atomic mass is 35.5. The number of benzene rings is 2. The molecule has 0 saturated carbocycles. The second-order valence-corrected chi connectivity index (χ2v) is 11.9. The van der Waals surface area contributed by atoms with Crippen molar-refractivity contribution in [2.45, 2.75) is 12.8 Å². The SMILES string of the molecule is O=C(O)c1ccc(N2CCN(CC3CC(c4ccc(Cl)cc4)=CCC3(CF)CF)CC2)cc1Oc1cnc2[nH]ccc2c1. The minimum atomic E-state index is -1.08. The van der Waals surface area contributed by atoms with Gasteiger partial charge in [0.25, 0.3) is 0 Å².